The van der Waals surface area contributed by atoms with E-state index in [1.54, 1.807) is 11.1 Å². The van der Waals surface area contributed by atoms with E-state index >= 15 is 0 Å². The minimum Gasteiger partial charge on any atom is -0.369 e. The summed E-state index contributed by atoms with van der Waals surface area (Å²) in [4.78, 5) is 21.6. The van der Waals surface area contributed by atoms with Crippen LogP contribution in [-0.4, -0.2) is 15.0 Å². The molecule has 0 aromatic carbocycles. The maximum absolute atomic E-state index is 11.8. The SMILES string of the molecule is Nc1nc2c(CC3=C4CCC(C4)C3)c[nH]c2c(=O)[nH]1. The Bertz CT molecular complexity index is 752. The predicted octanol–water partition coefficient (Wildman–Crippen LogP) is 1.88. The van der Waals surface area contributed by atoms with Gasteiger partial charge in [-0.05, 0) is 38.0 Å². The second kappa shape index (κ2) is 3.73. The zero-order chi connectivity index (χ0) is 13.0. The molecule has 0 aliphatic heterocycles. The van der Waals surface area contributed by atoms with E-state index in [0.717, 1.165) is 23.4 Å². The maximum atomic E-state index is 11.8. The lowest BCUT2D eigenvalue weighted by atomic mass is 9.95. The first-order chi connectivity index (χ1) is 9.20. The predicted molar refractivity (Wildman–Crippen MR) is 73.8 cm³/mol. The topological polar surface area (TPSA) is 87.6 Å². The summed E-state index contributed by atoms with van der Waals surface area (Å²) in [6.45, 7) is 0. The summed E-state index contributed by atoms with van der Waals surface area (Å²) in [7, 11) is 0. The van der Waals surface area contributed by atoms with Crippen LogP contribution in [-0.2, 0) is 6.42 Å². The van der Waals surface area contributed by atoms with Gasteiger partial charge in [-0.15, -0.1) is 0 Å². The number of fused-ring (bicyclic) bond motifs is 3. The number of H-pyrrole nitrogens is 2. The molecule has 0 saturated heterocycles. The van der Waals surface area contributed by atoms with E-state index in [1.165, 1.54) is 25.7 Å². The number of aromatic nitrogens is 3. The highest BCUT2D eigenvalue weighted by molar-refractivity contribution is 5.79. The number of nitrogens with two attached hydrogens (primary N) is 1. The first-order valence-corrected chi connectivity index (χ1v) is 6.76. The Morgan fingerprint density at radius 3 is 3.05 bits per heavy atom. The number of aromatic amines is 2. The first kappa shape index (κ1) is 10.8. The average molecular weight is 256 g/mol. The van der Waals surface area contributed by atoms with Gasteiger partial charge in [-0.3, -0.25) is 9.78 Å². The third kappa shape index (κ3) is 1.61. The van der Waals surface area contributed by atoms with Crippen molar-refractivity contribution in [1.82, 2.24) is 15.0 Å². The second-order valence-electron chi connectivity index (χ2n) is 5.69. The molecular formula is C14H16N4O. The van der Waals surface area contributed by atoms with Crippen molar-refractivity contribution in [3.63, 3.8) is 0 Å². The van der Waals surface area contributed by atoms with Gasteiger partial charge >= 0.3 is 0 Å². The molecule has 4 N–H and O–H groups in total. The Hall–Kier alpha value is -2.04. The molecular weight excluding hydrogens is 240 g/mol. The average Bonchev–Trinajstić information content (AvgIpc) is 3.05. The summed E-state index contributed by atoms with van der Waals surface area (Å²) in [5.74, 6) is 1.06. The van der Waals surface area contributed by atoms with Gasteiger partial charge in [0.1, 0.15) is 11.0 Å². The van der Waals surface area contributed by atoms with Crippen molar-refractivity contribution in [3.8, 4) is 0 Å². The molecule has 1 saturated carbocycles. The summed E-state index contributed by atoms with van der Waals surface area (Å²) in [6.07, 6.45) is 7.93. The lowest BCUT2D eigenvalue weighted by molar-refractivity contribution is 0.558. The quantitative estimate of drug-likeness (QED) is 0.717. The maximum Gasteiger partial charge on any atom is 0.276 e. The molecule has 2 aliphatic carbocycles. The summed E-state index contributed by atoms with van der Waals surface area (Å²) in [6, 6.07) is 0. The van der Waals surface area contributed by atoms with E-state index in [0.29, 0.717) is 5.52 Å². The van der Waals surface area contributed by atoms with Gasteiger partial charge < -0.3 is 10.7 Å². The zero-order valence-electron chi connectivity index (χ0n) is 10.6. The van der Waals surface area contributed by atoms with Gasteiger partial charge in [-0.1, -0.05) is 11.1 Å². The number of anilines is 1. The van der Waals surface area contributed by atoms with Crippen LogP contribution in [0.2, 0.25) is 0 Å². The minimum absolute atomic E-state index is 0.184. The number of allylic oxidation sites excluding steroid dienone is 2. The summed E-state index contributed by atoms with van der Waals surface area (Å²) in [5, 5.41) is 0. The van der Waals surface area contributed by atoms with E-state index < -0.39 is 0 Å². The summed E-state index contributed by atoms with van der Waals surface area (Å²) >= 11 is 0. The van der Waals surface area contributed by atoms with Crippen molar-refractivity contribution in [2.75, 3.05) is 5.73 Å². The minimum atomic E-state index is -0.195. The van der Waals surface area contributed by atoms with Gasteiger partial charge in [0.15, 0.2) is 0 Å². The van der Waals surface area contributed by atoms with E-state index in [-0.39, 0.29) is 11.5 Å². The van der Waals surface area contributed by atoms with Crippen LogP contribution in [0, 0.1) is 5.92 Å². The van der Waals surface area contributed by atoms with Gasteiger partial charge in [0, 0.05) is 11.8 Å². The van der Waals surface area contributed by atoms with Crippen LogP contribution in [0.25, 0.3) is 11.0 Å². The molecule has 2 heterocycles. The fourth-order valence-electron chi connectivity index (χ4n) is 3.57. The highest BCUT2D eigenvalue weighted by atomic mass is 16.1. The van der Waals surface area contributed by atoms with Crippen LogP contribution in [0.5, 0.6) is 0 Å². The molecule has 19 heavy (non-hydrogen) atoms. The van der Waals surface area contributed by atoms with Gasteiger partial charge in [0.2, 0.25) is 5.95 Å². The van der Waals surface area contributed by atoms with Gasteiger partial charge in [-0.25, -0.2) is 4.98 Å². The Kier molecular flexibility index (Phi) is 2.13. The van der Waals surface area contributed by atoms with E-state index in [9.17, 15) is 4.79 Å². The molecule has 0 radical (unpaired) electrons. The van der Waals surface area contributed by atoms with Crippen LogP contribution in [0.4, 0.5) is 5.95 Å². The van der Waals surface area contributed by atoms with E-state index in [4.69, 9.17) is 5.73 Å². The molecule has 98 valence electrons. The first-order valence-electron chi connectivity index (χ1n) is 6.76. The van der Waals surface area contributed by atoms with Gasteiger partial charge in [0.25, 0.3) is 5.56 Å². The van der Waals surface area contributed by atoms with Crippen molar-refractivity contribution in [2.45, 2.75) is 32.1 Å². The zero-order valence-corrected chi connectivity index (χ0v) is 10.6. The Balaban J connectivity index is 1.78. The Morgan fingerprint density at radius 1 is 1.42 bits per heavy atom. The second-order valence-corrected chi connectivity index (χ2v) is 5.69. The highest BCUT2D eigenvalue weighted by Gasteiger charge is 2.30. The van der Waals surface area contributed by atoms with Crippen LogP contribution < -0.4 is 11.3 Å². The molecule has 0 spiro atoms. The number of hydrogen-bond acceptors (Lipinski definition) is 3. The lowest BCUT2D eigenvalue weighted by Crippen LogP contribution is -2.11. The Labute approximate surface area is 109 Å². The largest absolute Gasteiger partial charge is 0.369 e. The van der Waals surface area contributed by atoms with E-state index in [2.05, 4.69) is 15.0 Å². The smallest absolute Gasteiger partial charge is 0.276 e. The fraction of sp³-hybridized carbons (Fsp3) is 0.429. The van der Waals surface area contributed by atoms with Crippen LogP contribution in [0.15, 0.2) is 22.1 Å². The molecule has 4 rings (SSSR count). The van der Waals surface area contributed by atoms with Crippen molar-refractivity contribution in [3.05, 3.63) is 33.3 Å². The lowest BCUT2D eigenvalue weighted by Gasteiger charge is -2.11. The Morgan fingerprint density at radius 2 is 2.32 bits per heavy atom. The number of nitrogen functional groups attached to an aromatic ring is 1. The number of rotatable bonds is 2. The van der Waals surface area contributed by atoms with Crippen LogP contribution >= 0.6 is 0 Å². The molecule has 2 bridgehead atoms. The van der Waals surface area contributed by atoms with Crippen molar-refractivity contribution in [2.24, 2.45) is 5.92 Å². The molecule has 1 atom stereocenters. The van der Waals surface area contributed by atoms with E-state index in [1.807, 2.05) is 6.20 Å². The molecule has 1 fully saturated rings. The normalized spacial score (nSPS) is 21.8. The third-order valence-electron chi connectivity index (χ3n) is 4.46. The molecule has 2 aliphatic rings. The standard InChI is InChI=1S/C14H16N4O/c15-14-17-11-10(6-16-12(11)13(19)18-14)5-9-4-7-1-2-8(9)3-7/h6-7,16H,1-5H2,(H3,15,17,18,19). The highest BCUT2D eigenvalue weighted by Crippen LogP contribution is 2.45. The van der Waals surface area contributed by atoms with Crippen molar-refractivity contribution < 1.29 is 0 Å². The fourth-order valence-corrected chi connectivity index (χ4v) is 3.57. The molecule has 2 aromatic heterocycles. The van der Waals surface area contributed by atoms with Gasteiger partial charge in [0.05, 0.1) is 0 Å². The summed E-state index contributed by atoms with van der Waals surface area (Å²) < 4.78 is 0. The van der Waals surface area contributed by atoms with Crippen LogP contribution in [0.3, 0.4) is 0 Å². The summed E-state index contributed by atoms with van der Waals surface area (Å²) in [5.41, 5.74) is 11.0. The molecule has 1 unspecified atom stereocenters. The van der Waals surface area contributed by atoms with Crippen LogP contribution in [0.1, 0.15) is 31.2 Å². The number of nitrogens with zero attached hydrogens (tertiary/aromatic N) is 1. The number of nitrogens with one attached hydrogen (secondary N) is 2. The molecule has 2 aromatic rings. The van der Waals surface area contributed by atoms with Crippen molar-refractivity contribution >= 4 is 17.0 Å². The third-order valence-corrected chi connectivity index (χ3v) is 4.46. The van der Waals surface area contributed by atoms with Gasteiger partial charge in [-0.2, -0.15) is 0 Å². The molecule has 5 nitrogen and oxygen atoms in total. The molecule has 5 heteroatoms. The monoisotopic (exact) mass is 256 g/mol. The van der Waals surface area contributed by atoms with Crippen molar-refractivity contribution in [1.29, 1.82) is 0 Å². The molecule has 0 amide bonds. The number of hydrogen-bond donors (Lipinski definition) is 3.